The number of carbonyl (C=O) groups excluding carboxylic acids is 1. The van der Waals surface area contributed by atoms with Gasteiger partial charge in [-0.3, -0.25) is 14.9 Å². The summed E-state index contributed by atoms with van der Waals surface area (Å²) < 4.78 is 0. The molecular formula is C14H15N3O3S. The molecule has 0 aliphatic rings. The van der Waals surface area contributed by atoms with Crippen molar-refractivity contribution in [2.45, 2.75) is 13.0 Å². The Bertz CT molecular complexity index is 655. The summed E-state index contributed by atoms with van der Waals surface area (Å²) in [4.78, 5) is 23.0. The van der Waals surface area contributed by atoms with Gasteiger partial charge in [0.15, 0.2) is 0 Å². The summed E-state index contributed by atoms with van der Waals surface area (Å²) in [5, 5.41) is 20.6. The minimum Gasteiger partial charge on any atom is -0.383 e. The highest BCUT2D eigenvalue weighted by atomic mass is 32.1. The van der Waals surface area contributed by atoms with Crippen molar-refractivity contribution < 1.29 is 9.72 Å². The highest BCUT2D eigenvalue weighted by Crippen LogP contribution is 2.28. The molecule has 0 saturated carbocycles. The first-order valence-electron chi connectivity index (χ1n) is 6.32. The number of benzene rings is 1. The lowest BCUT2D eigenvalue weighted by atomic mass is 10.1. The summed E-state index contributed by atoms with van der Waals surface area (Å²) in [6, 6.07) is 6.34. The number of carbonyl (C=O) groups is 1. The van der Waals surface area contributed by atoms with Crippen LogP contribution in [0.25, 0.3) is 0 Å². The molecule has 7 heteroatoms. The zero-order valence-corrected chi connectivity index (χ0v) is 12.4. The van der Waals surface area contributed by atoms with E-state index in [1.807, 2.05) is 23.8 Å². The van der Waals surface area contributed by atoms with Crippen LogP contribution in [0.2, 0.25) is 0 Å². The molecule has 1 unspecified atom stereocenters. The van der Waals surface area contributed by atoms with Crippen LogP contribution < -0.4 is 10.6 Å². The Morgan fingerprint density at radius 3 is 2.71 bits per heavy atom. The molecule has 2 N–H and O–H groups in total. The molecule has 1 aromatic carbocycles. The maximum Gasteiger partial charge on any atom is 0.305 e. The third kappa shape index (κ3) is 3.19. The molecule has 1 heterocycles. The molecule has 0 spiro atoms. The summed E-state index contributed by atoms with van der Waals surface area (Å²) in [5.41, 5.74) is 1.13. The van der Waals surface area contributed by atoms with Crippen molar-refractivity contribution in [1.29, 1.82) is 0 Å². The molecule has 0 aliphatic carbocycles. The zero-order valence-electron chi connectivity index (χ0n) is 11.6. The molecule has 0 saturated heterocycles. The van der Waals surface area contributed by atoms with Gasteiger partial charge in [-0.25, -0.2) is 0 Å². The summed E-state index contributed by atoms with van der Waals surface area (Å²) in [6.07, 6.45) is 0. The average Bonchev–Trinajstić information content (AvgIpc) is 3.00. The van der Waals surface area contributed by atoms with E-state index >= 15 is 0 Å². The molecule has 1 aromatic heterocycles. The molecule has 0 bridgehead atoms. The van der Waals surface area contributed by atoms with Crippen LogP contribution in [0.5, 0.6) is 0 Å². The second-order valence-corrected chi connectivity index (χ2v) is 5.24. The van der Waals surface area contributed by atoms with E-state index in [1.165, 1.54) is 17.4 Å². The molecule has 110 valence electrons. The van der Waals surface area contributed by atoms with Crippen LogP contribution in [0.3, 0.4) is 0 Å². The standard InChI is InChI=1S/C14H15N3O3S/c1-9(10-6-7-21-8-10)16-14(18)11-4-3-5-12(15-2)13(11)17(19)20/h3-9,15H,1-2H3,(H,16,18). The fourth-order valence-electron chi connectivity index (χ4n) is 2.00. The van der Waals surface area contributed by atoms with Gasteiger partial charge in [-0.2, -0.15) is 11.3 Å². The molecule has 0 fully saturated rings. The number of amides is 1. The molecule has 2 aromatic rings. The van der Waals surface area contributed by atoms with Crippen molar-refractivity contribution >= 4 is 28.6 Å². The number of anilines is 1. The van der Waals surface area contributed by atoms with Gasteiger partial charge < -0.3 is 10.6 Å². The van der Waals surface area contributed by atoms with Crippen LogP contribution in [0.1, 0.15) is 28.9 Å². The monoisotopic (exact) mass is 305 g/mol. The SMILES string of the molecule is CNc1cccc(C(=O)NC(C)c2ccsc2)c1[N+](=O)[O-]. The van der Waals surface area contributed by atoms with E-state index in [0.717, 1.165) is 5.56 Å². The Hall–Kier alpha value is -2.41. The Labute approximate surface area is 126 Å². The average molecular weight is 305 g/mol. The lowest BCUT2D eigenvalue weighted by Gasteiger charge is -2.13. The van der Waals surface area contributed by atoms with Gasteiger partial charge >= 0.3 is 5.69 Å². The minimum atomic E-state index is -0.546. The lowest BCUT2D eigenvalue weighted by molar-refractivity contribution is -0.384. The third-order valence-electron chi connectivity index (χ3n) is 3.12. The summed E-state index contributed by atoms with van der Waals surface area (Å²) >= 11 is 1.54. The van der Waals surface area contributed by atoms with E-state index in [-0.39, 0.29) is 17.3 Å². The van der Waals surface area contributed by atoms with Gasteiger partial charge in [-0.1, -0.05) is 6.07 Å². The second kappa shape index (κ2) is 6.36. The Balaban J connectivity index is 2.29. The van der Waals surface area contributed by atoms with Gasteiger partial charge in [0, 0.05) is 7.05 Å². The summed E-state index contributed by atoms with van der Waals surface area (Å²) in [5.74, 6) is -0.461. The fraction of sp³-hybridized carbons (Fsp3) is 0.214. The van der Waals surface area contributed by atoms with Crippen LogP contribution in [0.15, 0.2) is 35.0 Å². The Morgan fingerprint density at radius 1 is 1.38 bits per heavy atom. The third-order valence-corrected chi connectivity index (χ3v) is 3.82. The van der Waals surface area contributed by atoms with Crippen molar-refractivity contribution in [3.05, 3.63) is 56.3 Å². The molecule has 2 rings (SSSR count). The van der Waals surface area contributed by atoms with Gasteiger partial charge in [0.1, 0.15) is 11.3 Å². The van der Waals surface area contributed by atoms with E-state index in [0.29, 0.717) is 5.69 Å². The predicted octanol–water partition coefficient (Wildman–Crippen LogP) is 3.19. The first-order valence-corrected chi connectivity index (χ1v) is 7.27. The second-order valence-electron chi connectivity index (χ2n) is 4.46. The summed E-state index contributed by atoms with van der Waals surface area (Å²) in [7, 11) is 1.58. The van der Waals surface area contributed by atoms with Gasteiger partial charge in [0.2, 0.25) is 0 Å². The largest absolute Gasteiger partial charge is 0.383 e. The Kier molecular flexibility index (Phi) is 4.54. The highest BCUT2D eigenvalue weighted by Gasteiger charge is 2.24. The molecule has 1 atom stereocenters. The molecular weight excluding hydrogens is 290 g/mol. The van der Waals surface area contributed by atoms with E-state index in [4.69, 9.17) is 0 Å². The van der Waals surface area contributed by atoms with Crippen LogP contribution in [0.4, 0.5) is 11.4 Å². The van der Waals surface area contributed by atoms with E-state index in [1.54, 1.807) is 19.2 Å². The minimum absolute atomic E-state index is 0.0499. The molecule has 21 heavy (non-hydrogen) atoms. The van der Waals surface area contributed by atoms with Gasteiger partial charge in [0.05, 0.1) is 11.0 Å². The number of rotatable bonds is 5. The normalized spacial score (nSPS) is 11.7. The van der Waals surface area contributed by atoms with Crippen molar-refractivity contribution in [2.75, 3.05) is 12.4 Å². The summed E-state index contributed by atoms with van der Waals surface area (Å²) in [6.45, 7) is 1.84. The zero-order chi connectivity index (χ0) is 15.4. The molecule has 1 amide bonds. The highest BCUT2D eigenvalue weighted by molar-refractivity contribution is 7.07. The first-order chi connectivity index (χ1) is 10.0. The number of thiophene rings is 1. The van der Waals surface area contributed by atoms with E-state index in [9.17, 15) is 14.9 Å². The maximum atomic E-state index is 12.3. The van der Waals surface area contributed by atoms with Crippen LogP contribution in [0, 0.1) is 10.1 Å². The number of hydrogen-bond acceptors (Lipinski definition) is 5. The number of nitrogens with one attached hydrogen (secondary N) is 2. The van der Waals surface area contributed by atoms with Gasteiger partial charge in [-0.05, 0) is 41.4 Å². The van der Waals surface area contributed by atoms with Crippen molar-refractivity contribution in [3.63, 3.8) is 0 Å². The molecule has 0 radical (unpaired) electrons. The number of nitro groups is 1. The number of hydrogen-bond donors (Lipinski definition) is 2. The number of nitro benzene ring substituents is 1. The van der Waals surface area contributed by atoms with Crippen LogP contribution in [-0.4, -0.2) is 17.9 Å². The van der Waals surface area contributed by atoms with Gasteiger partial charge in [-0.15, -0.1) is 0 Å². The smallest absolute Gasteiger partial charge is 0.305 e. The maximum absolute atomic E-state index is 12.3. The lowest BCUT2D eigenvalue weighted by Crippen LogP contribution is -2.27. The molecule has 0 aliphatic heterocycles. The molecule has 6 nitrogen and oxygen atoms in total. The van der Waals surface area contributed by atoms with Crippen molar-refractivity contribution in [3.8, 4) is 0 Å². The van der Waals surface area contributed by atoms with Crippen LogP contribution in [-0.2, 0) is 0 Å². The Morgan fingerprint density at radius 2 is 2.14 bits per heavy atom. The van der Waals surface area contributed by atoms with E-state index in [2.05, 4.69) is 10.6 Å². The quantitative estimate of drug-likeness (QED) is 0.656. The number of nitrogens with zero attached hydrogens (tertiary/aromatic N) is 1. The fourth-order valence-corrected chi connectivity index (χ4v) is 2.76. The predicted molar refractivity (Wildman–Crippen MR) is 82.8 cm³/mol. The van der Waals surface area contributed by atoms with Crippen LogP contribution >= 0.6 is 11.3 Å². The van der Waals surface area contributed by atoms with Gasteiger partial charge in [0.25, 0.3) is 5.91 Å². The van der Waals surface area contributed by atoms with E-state index < -0.39 is 10.8 Å². The van der Waals surface area contributed by atoms with Crippen molar-refractivity contribution in [1.82, 2.24) is 5.32 Å². The van der Waals surface area contributed by atoms with Crippen molar-refractivity contribution in [2.24, 2.45) is 0 Å². The number of para-hydroxylation sites is 1. The topological polar surface area (TPSA) is 84.3 Å². The first kappa shape index (κ1) is 15.0.